The zero-order valence-corrected chi connectivity index (χ0v) is 35.0. The third-order valence-corrected chi connectivity index (χ3v) is 9.65. The number of alkyl carbamates (subject to hydrolysis) is 2. The number of hydrogen-bond donors (Lipinski definition) is 5. The molecule has 0 saturated heterocycles. The van der Waals surface area contributed by atoms with Crippen molar-refractivity contribution in [3.05, 3.63) is 48.9 Å². The lowest BCUT2D eigenvalue weighted by atomic mass is 10.0. The molecular weight excluding hydrogens is 757 g/mol. The zero-order valence-electron chi connectivity index (χ0n) is 35.0. The van der Waals surface area contributed by atoms with E-state index in [1.54, 1.807) is 59.4 Å². The summed E-state index contributed by atoms with van der Waals surface area (Å²) in [5.74, 6) is 1.22. The van der Waals surface area contributed by atoms with Crippen molar-refractivity contribution in [2.75, 3.05) is 11.5 Å². The highest BCUT2D eigenvalue weighted by Crippen LogP contribution is 2.36. The number of rotatable bonds is 7. The first-order chi connectivity index (χ1) is 27.8. The van der Waals surface area contributed by atoms with Crippen LogP contribution in [0, 0.1) is 17.2 Å². The van der Waals surface area contributed by atoms with Crippen LogP contribution in [0.1, 0.15) is 98.1 Å². The number of amides is 2. The largest absolute Gasteiger partial charge is 0.444 e. The Hall–Kier alpha value is -6.45. The molecule has 5 heterocycles. The van der Waals surface area contributed by atoms with Crippen LogP contribution in [0.2, 0.25) is 0 Å². The molecule has 7 rings (SSSR count). The third-order valence-electron chi connectivity index (χ3n) is 9.65. The van der Waals surface area contributed by atoms with E-state index in [2.05, 4.69) is 36.1 Å². The summed E-state index contributed by atoms with van der Waals surface area (Å²) in [5, 5.41) is 33.3. The fourth-order valence-corrected chi connectivity index (χ4v) is 7.02. The molecule has 2 aliphatic carbocycles. The summed E-state index contributed by atoms with van der Waals surface area (Å²) in [6, 6.07) is 3.80. The monoisotopic (exact) mass is 812 g/mol. The molecule has 0 spiro atoms. The highest BCUT2D eigenvalue weighted by Gasteiger charge is 2.32. The quantitative estimate of drug-likeness (QED) is 0.137. The highest BCUT2D eigenvalue weighted by atomic mass is 16.6. The summed E-state index contributed by atoms with van der Waals surface area (Å²) in [7, 11) is 3.73. The van der Waals surface area contributed by atoms with Gasteiger partial charge >= 0.3 is 12.2 Å². The summed E-state index contributed by atoms with van der Waals surface area (Å²) in [6.07, 6.45) is 14.7. The number of carbonyl (C=O) groups is 3. The first-order valence-electron chi connectivity index (χ1n) is 19.6. The number of hydrogen-bond acceptors (Lipinski definition) is 13. The molecule has 0 bridgehead atoms. The van der Waals surface area contributed by atoms with Crippen molar-refractivity contribution in [1.82, 2.24) is 55.0 Å². The molecule has 0 unspecified atom stereocenters. The molecule has 2 amide bonds. The van der Waals surface area contributed by atoms with E-state index in [0.717, 1.165) is 65.7 Å². The van der Waals surface area contributed by atoms with Crippen LogP contribution in [0.15, 0.2) is 43.2 Å². The maximum atomic E-state index is 12.1. The molecule has 0 aromatic carbocycles. The van der Waals surface area contributed by atoms with Crippen LogP contribution < -0.4 is 22.1 Å². The molecule has 7 N–H and O–H groups in total. The Morgan fingerprint density at radius 3 is 1.93 bits per heavy atom. The van der Waals surface area contributed by atoms with Gasteiger partial charge in [-0.3, -0.25) is 19.3 Å². The molecular formula is C40H56N14O5. The average Bonchev–Trinajstić information content (AvgIpc) is 3.98. The SMILES string of the molecule is CC(C)(C)OC(=O)N[C@@H]1CC[C@@H](C(=O)CC#N)C1.Cn1cc(-c2cn[nH]c2N)cn1.Cn1cc(-c2cnn3c(N)cc([C@@H]4CC[C@@H](NC(=O)OC(C)(C)C)C4)nc23)cn1. The smallest absolute Gasteiger partial charge is 0.407 e. The number of aromatic amines is 1. The third kappa shape index (κ3) is 12.3. The minimum atomic E-state index is -0.515. The Balaban J connectivity index is 0.000000187. The molecule has 0 aliphatic heterocycles. The number of nitrogen functional groups attached to an aromatic ring is 2. The van der Waals surface area contributed by atoms with Crippen molar-refractivity contribution in [3.63, 3.8) is 0 Å². The van der Waals surface area contributed by atoms with Crippen molar-refractivity contribution in [2.24, 2.45) is 20.0 Å². The van der Waals surface area contributed by atoms with Gasteiger partial charge in [0.1, 0.15) is 28.6 Å². The topological polar surface area (TPSA) is 264 Å². The van der Waals surface area contributed by atoms with Gasteiger partial charge in [-0.15, -0.1) is 0 Å². The molecule has 2 aliphatic rings. The Morgan fingerprint density at radius 2 is 1.41 bits per heavy atom. The van der Waals surface area contributed by atoms with Gasteiger partial charge in [-0.1, -0.05) is 0 Å². The van der Waals surface area contributed by atoms with Crippen molar-refractivity contribution in [1.29, 1.82) is 5.26 Å². The van der Waals surface area contributed by atoms with E-state index in [0.29, 0.717) is 18.1 Å². The minimum absolute atomic E-state index is 0.0208. The molecule has 2 saturated carbocycles. The number of ketones is 1. The van der Waals surface area contributed by atoms with E-state index in [9.17, 15) is 14.4 Å². The molecule has 19 nitrogen and oxygen atoms in total. The van der Waals surface area contributed by atoms with Crippen LogP contribution >= 0.6 is 0 Å². The van der Waals surface area contributed by atoms with Crippen LogP contribution in [-0.4, -0.2) is 85.6 Å². The molecule has 4 atom stereocenters. The Morgan fingerprint density at radius 1 is 0.831 bits per heavy atom. The summed E-state index contributed by atoms with van der Waals surface area (Å²) in [6.45, 7) is 11.0. The second kappa shape index (κ2) is 18.4. The second-order valence-electron chi connectivity index (χ2n) is 16.9. The summed E-state index contributed by atoms with van der Waals surface area (Å²) in [5.41, 5.74) is 16.2. The average molecular weight is 813 g/mol. The summed E-state index contributed by atoms with van der Waals surface area (Å²) in [4.78, 5) is 40.0. The molecule has 5 aromatic rings. The molecule has 59 heavy (non-hydrogen) atoms. The lowest BCUT2D eigenvalue weighted by Crippen LogP contribution is -2.38. The highest BCUT2D eigenvalue weighted by molar-refractivity contribution is 5.83. The number of Topliss-reactive ketones (excluding diaryl/α,β-unsaturated/α-hetero) is 1. The second-order valence-corrected chi connectivity index (χ2v) is 16.9. The van der Waals surface area contributed by atoms with Crippen LogP contribution in [0.5, 0.6) is 0 Å². The number of anilines is 2. The van der Waals surface area contributed by atoms with Gasteiger partial charge in [0.25, 0.3) is 0 Å². The zero-order chi connectivity index (χ0) is 43.1. The van der Waals surface area contributed by atoms with E-state index in [-0.39, 0.29) is 42.2 Å². The number of H-pyrrole nitrogens is 1. The fourth-order valence-electron chi connectivity index (χ4n) is 7.02. The molecule has 0 radical (unpaired) electrons. The van der Waals surface area contributed by atoms with Gasteiger partial charge < -0.3 is 31.6 Å². The number of aryl methyl sites for hydroxylation is 2. The number of carbonyl (C=O) groups excluding carboxylic acids is 3. The lowest BCUT2D eigenvalue weighted by molar-refractivity contribution is -0.121. The molecule has 5 aromatic heterocycles. The first kappa shape index (κ1) is 43.7. The van der Waals surface area contributed by atoms with Crippen LogP contribution in [0.4, 0.5) is 21.2 Å². The number of fused-ring (bicyclic) bond motifs is 1. The maximum Gasteiger partial charge on any atom is 0.407 e. The van der Waals surface area contributed by atoms with Gasteiger partial charge in [-0.25, -0.2) is 14.6 Å². The molecule has 19 heteroatoms. The van der Waals surface area contributed by atoms with E-state index >= 15 is 0 Å². The van der Waals surface area contributed by atoms with E-state index in [1.807, 2.05) is 59.4 Å². The number of nitrogens with zero attached hydrogens (tertiary/aromatic N) is 9. The van der Waals surface area contributed by atoms with Gasteiger partial charge in [0, 0.05) is 84.4 Å². The van der Waals surface area contributed by atoms with Gasteiger partial charge in [-0.2, -0.15) is 30.2 Å². The van der Waals surface area contributed by atoms with Crippen molar-refractivity contribution >= 4 is 35.3 Å². The predicted molar refractivity (Wildman–Crippen MR) is 220 cm³/mol. The minimum Gasteiger partial charge on any atom is -0.444 e. The summed E-state index contributed by atoms with van der Waals surface area (Å²) < 4.78 is 15.6. The van der Waals surface area contributed by atoms with Crippen molar-refractivity contribution in [2.45, 2.75) is 116 Å². The molecule has 316 valence electrons. The van der Waals surface area contributed by atoms with Crippen molar-refractivity contribution in [3.8, 4) is 28.3 Å². The van der Waals surface area contributed by atoms with E-state index < -0.39 is 17.3 Å². The van der Waals surface area contributed by atoms with Crippen LogP contribution in [0.25, 0.3) is 27.9 Å². The summed E-state index contributed by atoms with van der Waals surface area (Å²) >= 11 is 0. The van der Waals surface area contributed by atoms with Gasteiger partial charge in [0.2, 0.25) is 0 Å². The predicted octanol–water partition coefficient (Wildman–Crippen LogP) is 5.43. The van der Waals surface area contributed by atoms with Crippen LogP contribution in [0.3, 0.4) is 0 Å². The number of nitriles is 1. The van der Waals surface area contributed by atoms with E-state index in [4.69, 9.17) is 31.2 Å². The Labute approximate surface area is 343 Å². The number of nitrogens with one attached hydrogen (secondary N) is 3. The maximum absolute atomic E-state index is 12.1. The Bertz CT molecular complexity index is 2270. The number of nitrogens with two attached hydrogens (primary N) is 2. The Kier molecular flexibility index (Phi) is 13.6. The molecule has 2 fully saturated rings. The van der Waals surface area contributed by atoms with E-state index in [1.165, 1.54) is 0 Å². The van der Waals surface area contributed by atoms with Crippen molar-refractivity contribution < 1.29 is 23.9 Å². The van der Waals surface area contributed by atoms with Gasteiger partial charge in [0.05, 0.1) is 37.3 Å². The first-order valence-corrected chi connectivity index (χ1v) is 19.6. The van der Waals surface area contributed by atoms with Crippen LogP contribution in [-0.2, 0) is 28.4 Å². The fraction of sp³-hybridized carbons (Fsp3) is 0.525. The normalized spacial score (nSPS) is 18.8. The number of ether oxygens (including phenoxy) is 2. The number of aromatic nitrogens is 9. The standard InChI is InChI=1S/C20H27N7O2.C13H20N2O3.C7H9N5/c1-20(2,3)29-19(28)24-14-6-5-12(7-14)16-8-17(21)27-18(25-16)15(10-23-27)13-9-22-26(4)11-13;1-13(2,3)18-12(17)15-10-5-4-9(8-10)11(16)6-7-14;1-12-4-5(2-10-12)6-3-9-11-7(6)8/h8-12,14H,5-7,21H2,1-4H3,(H,24,28);9-10H,4-6,8H2,1-3H3,(H,15,17);2-4H,1H3,(H3,8,9,11)/t12-,14-;9-,10-;/m11./s1. The van der Waals surface area contributed by atoms with Gasteiger partial charge in [0.15, 0.2) is 5.65 Å². The van der Waals surface area contributed by atoms with Gasteiger partial charge in [-0.05, 0) is 80.1 Å². The lowest BCUT2D eigenvalue weighted by Gasteiger charge is -2.21.